The van der Waals surface area contributed by atoms with Crippen molar-refractivity contribution in [3.63, 3.8) is 0 Å². The summed E-state index contributed by atoms with van der Waals surface area (Å²) < 4.78 is 6.27. The van der Waals surface area contributed by atoms with E-state index in [1.165, 1.54) is 25.9 Å². The first-order valence-corrected chi connectivity index (χ1v) is 10.4. The van der Waals surface area contributed by atoms with E-state index >= 15 is 0 Å². The van der Waals surface area contributed by atoms with Crippen LogP contribution in [0.15, 0.2) is 20.4 Å². The lowest BCUT2D eigenvalue weighted by molar-refractivity contribution is 0.0949. The van der Waals surface area contributed by atoms with Crippen LogP contribution in [0.5, 0.6) is 0 Å². The number of carbonyl (C=O) groups is 1. The van der Waals surface area contributed by atoms with Gasteiger partial charge in [-0.2, -0.15) is 0 Å². The molecule has 1 N–H and O–H groups in total. The summed E-state index contributed by atoms with van der Waals surface area (Å²) in [6, 6.07) is 3.89. The average molecular weight is 426 g/mol. The SMILES string of the molecule is Cc1onc(-c2ccc(Br)s2)c1C(=O)NCCCN1CCCC(C)C1. The molecule has 0 aromatic carbocycles. The van der Waals surface area contributed by atoms with Crippen LogP contribution in [0.2, 0.25) is 0 Å². The van der Waals surface area contributed by atoms with Crippen LogP contribution in [0.1, 0.15) is 42.3 Å². The highest BCUT2D eigenvalue weighted by molar-refractivity contribution is 9.11. The molecule has 1 unspecified atom stereocenters. The van der Waals surface area contributed by atoms with Crippen molar-refractivity contribution in [2.45, 2.75) is 33.1 Å². The third-order valence-electron chi connectivity index (χ3n) is 4.57. The van der Waals surface area contributed by atoms with E-state index in [-0.39, 0.29) is 5.91 Å². The van der Waals surface area contributed by atoms with Gasteiger partial charge in [0.2, 0.25) is 0 Å². The average Bonchev–Trinajstić information content (AvgIpc) is 3.17. The van der Waals surface area contributed by atoms with E-state index in [4.69, 9.17) is 4.52 Å². The molecule has 0 radical (unpaired) electrons. The van der Waals surface area contributed by atoms with E-state index in [9.17, 15) is 4.79 Å². The van der Waals surface area contributed by atoms with Crippen LogP contribution in [0.25, 0.3) is 10.6 Å². The predicted molar refractivity (Wildman–Crippen MR) is 104 cm³/mol. The van der Waals surface area contributed by atoms with Gasteiger partial charge in [0.15, 0.2) is 0 Å². The van der Waals surface area contributed by atoms with Crippen LogP contribution in [-0.4, -0.2) is 42.1 Å². The quantitative estimate of drug-likeness (QED) is 0.699. The first-order chi connectivity index (χ1) is 12.0. The number of hydrogen-bond acceptors (Lipinski definition) is 5. The molecule has 0 aliphatic carbocycles. The van der Waals surface area contributed by atoms with Crippen molar-refractivity contribution >= 4 is 33.2 Å². The smallest absolute Gasteiger partial charge is 0.257 e. The van der Waals surface area contributed by atoms with Gasteiger partial charge in [-0.1, -0.05) is 12.1 Å². The van der Waals surface area contributed by atoms with Gasteiger partial charge >= 0.3 is 0 Å². The second-order valence-corrected chi connectivity index (χ2v) is 9.19. The molecule has 1 atom stereocenters. The van der Waals surface area contributed by atoms with Crippen LogP contribution >= 0.6 is 27.3 Å². The number of rotatable bonds is 6. The lowest BCUT2D eigenvalue weighted by Gasteiger charge is -2.30. The Balaban J connectivity index is 1.54. The van der Waals surface area contributed by atoms with Crippen LogP contribution in [0.4, 0.5) is 0 Å². The van der Waals surface area contributed by atoms with Crippen LogP contribution in [-0.2, 0) is 0 Å². The first-order valence-electron chi connectivity index (χ1n) is 8.77. The number of hydrogen-bond donors (Lipinski definition) is 1. The summed E-state index contributed by atoms with van der Waals surface area (Å²) >= 11 is 4.99. The van der Waals surface area contributed by atoms with Gasteiger partial charge < -0.3 is 14.7 Å². The summed E-state index contributed by atoms with van der Waals surface area (Å²) in [5.41, 5.74) is 1.16. The molecule has 1 amide bonds. The molecule has 136 valence electrons. The fourth-order valence-electron chi connectivity index (χ4n) is 3.33. The Morgan fingerprint density at radius 2 is 2.36 bits per heavy atom. The molecule has 2 aromatic rings. The maximum Gasteiger partial charge on any atom is 0.257 e. The minimum atomic E-state index is -0.106. The Labute approximate surface area is 160 Å². The molecule has 1 saturated heterocycles. The van der Waals surface area contributed by atoms with Crippen LogP contribution in [0, 0.1) is 12.8 Å². The number of amides is 1. The fourth-order valence-corrected chi connectivity index (χ4v) is 4.71. The summed E-state index contributed by atoms with van der Waals surface area (Å²) in [5.74, 6) is 1.24. The summed E-state index contributed by atoms with van der Waals surface area (Å²) in [5, 5.41) is 7.10. The molecular formula is C18H24BrN3O2S. The predicted octanol–water partition coefficient (Wildman–Crippen LogP) is 4.33. The molecule has 5 nitrogen and oxygen atoms in total. The molecule has 3 heterocycles. The molecule has 2 aromatic heterocycles. The van der Waals surface area contributed by atoms with Gasteiger partial charge in [0.1, 0.15) is 17.0 Å². The molecule has 0 saturated carbocycles. The van der Waals surface area contributed by atoms with Gasteiger partial charge in [-0.05, 0) is 73.3 Å². The minimum absolute atomic E-state index is 0.106. The highest BCUT2D eigenvalue weighted by Gasteiger charge is 2.22. The molecule has 7 heteroatoms. The summed E-state index contributed by atoms with van der Waals surface area (Å²) in [6.07, 6.45) is 3.58. The summed E-state index contributed by atoms with van der Waals surface area (Å²) in [6.45, 7) is 8.16. The zero-order chi connectivity index (χ0) is 17.8. The number of likely N-dealkylation sites (tertiary alicyclic amines) is 1. The van der Waals surface area contributed by atoms with Gasteiger partial charge in [0.25, 0.3) is 5.91 Å². The van der Waals surface area contributed by atoms with Gasteiger partial charge in [0.05, 0.1) is 8.66 Å². The molecule has 1 aliphatic rings. The lowest BCUT2D eigenvalue weighted by atomic mass is 10.0. The topological polar surface area (TPSA) is 58.4 Å². The van der Waals surface area contributed by atoms with E-state index in [2.05, 4.69) is 38.2 Å². The van der Waals surface area contributed by atoms with Crippen LogP contribution in [0.3, 0.4) is 0 Å². The Bertz CT molecular complexity index is 728. The number of nitrogens with one attached hydrogen (secondary N) is 1. The van der Waals surface area contributed by atoms with Crippen molar-refractivity contribution in [2.75, 3.05) is 26.2 Å². The van der Waals surface area contributed by atoms with Crippen molar-refractivity contribution < 1.29 is 9.32 Å². The maximum atomic E-state index is 12.6. The zero-order valence-electron chi connectivity index (χ0n) is 14.7. The molecule has 0 bridgehead atoms. The number of aromatic nitrogens is 1. The number of thiophene rings is 1. The monoisotopic (exact) mass is 425 g/mol. The molecular weight excluding hydrogens is 402 g/mol. The molecule has 1 fully saturated rings. The Morgan fingerprint density at radius 1 is 1.52 bits per heavy atom. The van der Waals surface area contributed by atoms with Crippen LogP contribution < -0.4 is 5.32 Å². The number of halogens is 1. The van der Waals surface area contributed by atoms with Gasteiger partial charge in [-0.3, -0.25) is 4.79 Å². The number of aryl methyl sites for hydroxylation is 1. The molecule has 1 aliphatic heterocycles. The molecule has 0 spiro atoms. The number of nitrogens with zero attached hydrogens (tertiary/aromatic N) is 2. The zero-order valence-corrected chi connectivity index (χ0v) is 17.1. The second-order valence-electron chi connectivity index (χ2n) is 6.72. The van der Waals surface area contributed by atoms with Gasteiger partial charge in [-0.25, -0.2) is 0 Å². The van der Waals surface area contributed by atoms with E-state index in [0.29, 0.717) is 23.6 Å². The largest absolute Gasteiger partial charge is 0.360 e. The third kappa shape index (κ3) is 4.71. The lowest BCUT2D eigenvalue weighted by Crippen LogP contribution is -2.36. The molecule has 3 rings (SSSR count). The first kappa shape index (κ1) is 18.6. The van der Waals surface area contributed by atoms with Crippen molar-refractivity contribution in [2.24, 2.45) is 5.92 Å². The Hall–Kier alpha value is -1.18. The van der Waals surface area contributed by atoms with Crippen molar-refractivity contribution in [3.8, 4) is 10.6 Å². The Morgan fingerprint density at radius 3 is 3.08 bits per heavy atom. The highest BCUT2D eigenvalue weighted by atomic mass is 79.9. The fraction of sp³-hybridized carbons (Fsp3) is 0.556. The Kier molecular flexibility index (Phi) is 6.30. The van der Waals surface area contributed by atoms with E-state index < -0.39 is 0 Å². The van der Waals surface area contributed by atoms with E-state index in [0.717, 1.165) is 27.5 Å². The second kappa shape index (κ2) is 8.47. The summed E-state index contributed by atoms with van der Waals surface area (Å²) in [7, 11) is 0. The standard InChI is InChI=1S/C18H24BrN3O2S/c1-12-5-3-9-22(11-12)10-4-8-20-18(23)16-13(2)24-21-17(16)14-6-7-15(19)25-14/h6-7,12H,3-5,8-11H2,1-2H3,(H,20,23). The normalized spacial score (nSPS) is 18.4. The minimum Gasteiger partial charge on any atom is -0.360 e. The van der Waals surface area contributed by atoms with Gasteiger partial charge in [0, 0.05) is 13.1 Å². The van der Waals surface area contributed by atoms with E-state index in [1.807, 2.05) is 12.1 Å². The van der Waals surface area contributed by atoms with Gasteiger partial charge in [-0.15, -0.1) is 11.3 Å². The number of carbonyl (C=O) groups excluding carboxylic acids is 1. The number of piperidine rings is 1. The van der Waals surface area contributed by atoms with E-state index in [1.54, 1.807) is 18.3 Å². The highest BCUT2D eigenvalue weighted by Crippen LogP contribution is 2.33. The maximum absolute atomic E-state index is 12.6. The van der Waals surface area contributed by atoms with Crippen molar-refractivity contribution in [1.29, 1.82) is 0 Å². The molecule has 25 heavy (non-hydrogen) atoms. The van der Waals surface area contributed by atoms with Crippen molar-refractivity contribution in [3.05, 3.63) is 27.2 Å². The third-order valence-corrected chi connectivity index (χ3v) is 6.20. The van der Waals surface area contributed by atoms with Crippen molar-refractivity contribution in [1.82, 2.24) is 15.4 Å². The summed E-state index contributed by atoms with van der Waals surface area (Å²) in [4.78, 5) is 16.0.